The molecule has 0 saturated carbocycles. The maximum Gasteiger partial charge on any atom is 0.330 e. The van der Waals surface area contributed by atoms with Crippen LogP contribution in [-0.4, -0.2) is 29.1 Å². The largest absolute Gasteiger partial charge is 0.330 e. The maximum absolute atomic E-state index is 12.6. The van der Waals surface area contributed by atoms with Crippen LogP contribution in [0.5, 0.6) is 0 Å². The van der Waals surface area contributed by atoms with Gasteiger partial charge in [0.25, 0.3) is 0 Å². The summed E-state index contributed by atoms with van der Waals surface area (Å²) >= 11 is 0. The van der Waals surface area contributed by atoms with Gasteiger partial charge in [-0.15, -0.1) is 0 Å². The Labute approximate surface area is 161 Å². The number of fused-ring (bicyclic) bond motifs is 1. The van der Waals surface area contributed by atoms with Crippen LogP contribution in [0.15, 0.2) is 23.0 Å². The van der Waals surface area contributed by atoms with E-state index in [0.29, 0.717) is 24.7 Å². The second kappa shape index (κ2) is 7.59. The molecule has 0 bridgehead atoms. The van der Waals surface area contributed by atoms with Gasteiger partial charge in [-0.1, -0.05) is 26.8 Å². The van der Waals surface area contributed by atoms with E-state index >= 15 is 0 Å². The number of aryl methyl sites for hydroxylation is 1. The lowest BCUT2D eigenvalue weighted by Crippen LogP contribution is -2.27. The molecule has 0 fully saturated rings. The molecule has 1 atom stereocenters. The van der Waals surface area contributed by atoms with Crippen molar-refractivity contribution in [3.63, 3.8) is 0 Å². The van der Waals surface area contributed by atoms with Crippen LogP contribution in [-0.2, 0) is 24.5 Å². The highest BCUT2D eigenvalue weighted by Gasteiger charge is 2.20. The average molecular weight is 393 g/mol. The Balaban J connectivity index is 1.88. The fraction of sp³-hybridized carbons (Fsp3) is 0.579. The standard InChI is InChI=1S/C19H28N4O3S/c1-19(2,3)12-23-16-10-9-15(21-17(16)22(4)18(23)24)14-7-5-13(6-8-14)11-20-27(25)26/h7,9-10,13,27H,5-6,8,11-12H2,1-4H3,(H,20,25,26). The van der Waals surface area contributed by atoms with Crippen molar-refractivity contribution in [3.8, 4) is 0 Å². The number of allylic oxidation sites excluding steroid dienone is 2. The highest BCUT2D eigenvalue weighted by atomic mass is 32.2. The summed E-state index contributed by atoms with van der Waals surface area (Å²) in [5.41, 5.74) is 3.58. The molecule has 2 aromatic rings. The van der Waals surface area contributed by atoms with Gasteiger partial charge < -0.3 is 0 Å². The van der Waals surface area contributed by atoms with E-state index in [2.05, 4.69) is 31.6 Å². The zero-order valence-corrected chi connectivity index (χ0v) is 17.3. The van der Waals surface area contributed by atoms with E-state index in [4.69, 9.17) is 4.98 Å². The van der Waals surface area contributed by atoms with Crippen molar-refractivity contribution in [3.05, 3.63) is 34.4 Å². The minimum atomic E-state index is -2.53. The third-order valence-corrected chi connectivity index (χ3v) is 5.41. The van der Waals surface area contributed by atoms with Crippen LogP contribution in [0.2, 0.25) is 0 Å². The van der Waals surface area contributed by atoms with Gasteiger partial charge in [-0.05, 0) is 48.3 Å². The Morgan fingerprint density at radius 1 is 1.30 bits per heavy atom. The molecule has 0 amide bonds. The van der Waals surface area contributed by atoms with E-state index in [9.17, 15) is 13.2 Å². The smallest absolute Gasteiger partial charge is 0.290 e. The quantitative estimate of drug-likeness (QED) is 0.763. The minimum Gasteiger partial charge on any atom is -0.290 e. The first-order valence-electron chi connectivity index (χ1n) is 9.29. The molecule has 0 saturated heterocycles. The molecule has 0 aromatic carbocycles. The molecular weight excluding hydrogens is 364 g/mol. The van der Waals surface area contributed by atoms with Gasteiger partial charge >= 0.3 is 5.69 Å². The molecule has 0 radical (unpaired) electrons. The summed E-state index contributed by atoms with van der Waals surface area (Å²) in [5, 5.41) is 0. The number of nitrogens with zero attached hydrogens (tertiary/aromatic N) is 3. The fourth-order valence-electron chi connectivity index (χ4n) is 3.59. The summed E-state index contributed by atoms with van der Waals surface area (Å²) in [6.45, 7) is 7.46. The molecule has 1 aliphatic carbocycles. The van der Waals surface area contributed by atoms with E-state index < -0.39 is 10.9 Å². The topological polar surface area (TPSA) is 86.0 Å². The predicted octanol–water partition coefficient (Wildman–Crippen LogP) is 2.08. The van der Waals surface area contributed by atoms with E-state index in [0.717, 1.165) is 36.0 Å². The number of imidazole rings is 1. The molecule has 0 aliphatic heterocycles. The molecule has 1 unspecified atom stereocenters. The molecule has 1 aliphatic rings. The summed E-state index contributed by atoms with van der Waals surface area (Å²) in [6.07, 6.45) is 4.75. The van der Waals surface area contributed by atoms with Gasteiger partial charge in [0.15, 0.2) is 5.65 Å². The molecule has 27 heavy (non-hydrogen) atoms. The predicted molar refractivity (Wildman–Crippen MR) is 108 cm³/mol. The van der Waals surface area contributed by atoms with Crippen LogP contribution in [0.25, 0.3) is 16.7 Å². The lowest BCUT2D eigenvalue weighted by Gasteiger charge is -2.21. The van der Waals surface area contributed by atoms with Crippen LogP contribution in [0.3, 0.4) is 0 Å². The maximum atomic E-state index is 12.6. The average Bonchev–Trinajstić information content (AvgIpc) is 2.83. The van der Waals surface area contributed by atoms with E-state index in [1.165, 1.54) is 0 Å². The van der Waals surface area contributed by atoms with Gasteiger partial charge in [0.1, 0.15) is 0 Å². The Hall–Kier alpha value is -1.93. The van der Waals surface area contributed by atoms with Crippen molar-refractivity contribution in [2.45, 2.75) is 46.6 Å². The Bertz CT molecular complexity index is 1000. The number of hydrogen-bond donors (Lipinski definition) is 2. The highest BCUT2D eigenvalue weighted by Crippen LogP contribution is 2.30. The van der Waals surface area contributed by atoms with Gasteiger partial charge in [-0.2, -0.15) is 0 Å². The van der Waals surface area contributed by atoms with Crippen molar-refractivity contribution in [1.82, 2.24) is 18.8 Å². The lowest BCUT2D eigenvalue weighted by molar-refractivity contribution is 0.342. The number of pyridine rings is 1. The van der Waals surface area contributed by atoms with E-state index in [1.54, 1.807) is 16.2 Å². The van der Waals surface area contributed by atoms with Crippen molar-refractivity contribution < 1.29 is 8.42 Å². The van der Waals surface area contributed by atoms with Gasteiger partial charge in [-0.25, -0.2) is 22.9 Å². The number of hydrogen-bond acceptors (Lipinski definition) is 4. The van der Waals surface area contributed by atoms with Crippen LogP contribution < -0.4 is 10.4 Å². The number of aromatic nitrogens is 3. The summed E-state index contributed by atoms with van der Waals surface area (Å²) in [6, 6.07) is 3.97. The second-order valence-electron chi connectivity index (χ2n) is 8.52. The number of thiol groups is 1. The fourth-order valence-corrected chi connectivity index (χ4v) is 4.00. The molecule has 2 aromatic heterocycles. The summed E-state index contributed by atoms with van der Waals surface area (Å²) in [4.78, 5) is 17.4. The molecule has 1 N–H and O–H groups in total. The molecule has 0 spiro atoms. The Kier molecular flexibility index (Phi) is 5.58. The zero-order chi connectivity index (χ0) is 19.8. The van der Waals surface area contributed by atoms with Gasteiger partial charge in [-0.3, -0.25) is 9.13 Å². The van der Waals surface area contributed by atoms with Gasteiger partial charge in [0.05, 0.1) is 11.2 Å². The van der Waals surface area contributed by atoms with Crippen molar-refractivity contribution in [2.75, 3.05) is 6.54 Å². The van der Waals surface area contributed by atoms with Crippen LogP contribution in [0.4, 0.5) is 0 Å². The van der Waals surface area contributed by atoms with Crippen LogP contribution in [0, 0.1) is 11.3 Å². The summed E-state index contributed by atoms with van der Waals surface area (Å²) < 4.78 is 27.3. The van der Waals surface area contributed by atoms with Crippen molar-refractivity contribution >= 4 is 27.6 Å². The number of nitrogens with one attached hydrogen (secondary N) is 1. The molecular formula is C19H28N4O3S. The van der Waals surface area contributed by atoms with E-state index in [1.807, 2.05) is 12.1 Å². The van der Waals surface area contributed by atoms with Crippen molar-refractivity contribution in [2.24, 2.45) is 18.4 Å². The first-order chi connectivity index (χ1) is 12.7. The molecule has 7 nitrogen and oxygen atoms in total. The monoisotopic (exact) mass is 392 g/mol. The third kappa shape index (κ3) is 4.50. The van der Waals surface area contributed by atoms with Crippen LogP contribution >= 0.6 is 0 Å². The second-order valence-corrected chi connectivity index (χ2v) is 9.35. The molecule has 148 valence electrons. The van der Waals surface area contributed by atoms with Crippen LogP contribution in [0.1, 0.15) is 45.7 Å². The minimum absolute atomic E-state index is 0.000245. The molecule has 2 heterocycles. The Morgan fingerprint density at radius 2 is 2.04 bits per heavy atom. The first-order valence-corrected chi connectivity index (χ1v) is 10.5. The summed E-state index contributed by atoms with van der Waals surface area (Å²) in [5.74, 6) is 0.322. The van der Waals surface area contributed by atoms with Gasteiger partial charge in [0.2, 0.25) is 10.9 Å². The van der Waals surface area contributed by atoms with Gasteiger partial charge in [0, 0.05) is 20.1 Å². The molecule has 3 rings (SSSR count). The first kappa shape index (κ1) is 19.8. The molecule has 8 heteroatoms. The SMILES string of the molecule is Cn1c(=O)n(CC(C)(C)C)c2ccc(C3=CCC(CN[SH](=O)=O)CC3)nc21. The number of rotatable bonds is 5. The van der Waals surface area contributed by atoms with E-state index in [-0.39, 0.29) is 11.1 Å². The van der Waals surface area contributed by atoms with Crippen molar-refractivity contribution in [1.29, 1.82) is 0 Å². The third-order valence-electron chi connectivity index (χ3n) is 4.97. The normalized spacial score (nSPS) is 18.3. The lowest BCUT2D eigenvalue weighted by atomic mass is 9.88. The highest BCUT2D eigenvalue weighted by molar-refractivity contribution is 7.70. The zero-order valence-electron chi connectivity index (χ0n) is 16.4. The summed E-state index contributed by atoms with van der Waals surface area (Å²) in [7, 11) is -0.767. The Morgan fingerprint density at radius 3 is 2.63 bits per heavy atom.